The first-order valence-corrected chi connectivity index (χ1v) is 23.3. The zero-order valence-electron chi connectivity index (χ0n) is 37.1. The van der Waals surface area contributed by atoms with Crippen molar-refractivity contribution in [1.29, 1.82) is 0 Å². The molecule has 0 saturated heterocycles. The molecular formula is C61H47N3OS. The number of rotatable bonds is 11. The molecule has 0 fully saturated rings. The molecule has 0 aliphatic heterocycles. The van der Waals surface area contributed by atoms with Crippen LogP contribution < -0.4 is 15.1 Å². The molecule has 5 heteroatoms. The molecule has 0 unspecified atom stereocenters. The molecular weight excluding hydrogens is 823 g/mol. The lowest BCUT2D eigenvalue weighted by Crippen LogP contribution is -2.16. The topological polar surface area (TPSA) is 31.6 Å². The Morgan fingerprint density at radius 2 is 1.15 bits per heavy atom. The number of para-hydroxylation sites is 3. The number of hydrogen-bond donors (Lipinski definition) is 1. The van der Waals surface area contributed by atoms with E-state index in [1.165, 1.54) is 25.7 Å². The van der Waals surface area contributed by atoms with Gasteiger partial charge in [0.05, 0.1) is 0 Å². The van der Waals surface area contributed by atoms with Crippen molar-refractivity contribution in [3.05, 3.63) is 236 Å². The van der Waals surface area contributed by atoms with Crippen molar-refractivity contribution in [1.82, 2.24) is 0 Å². The molecule has 0 radical (unpaired) electrons. The van der Waals surface area contributed by atoms with Gasteiger partial charge in [-0.25, -0.2) is 0 Å². The van der Waals surface area contributed by atoms with E-state index in [4.69, 9.17) is 4.42 Å². The summed E-state index contributed by atoms with van der Waals surface area (Å²) in [6.45, 7) is 6.44. The highest BCUT2D eigenvalue weighted by Gasteiger charge is 2.21. The number of nitrogens with one attached hydrogen (secondary N) is 1. The van der Waals surface area contributed by atoms with Crippen LogP contribution in [0.2, 0.25) is 0 Å². The van der Waals surface area contributed by atoms with E-state index >= 15 is 0 Å². The lowest BCUT2D eigenvalue weighted by atomic mass is 9.93. The summed E-state index contributed by atoms with van der Waals surface area (Å²) in [7, 11) is 0. The number of fused-ring (bicyclic) bond motifs is 6. The summed E-state index contributed by atoms with van der Waals surface area (Å²) in [6.07, 6.45) is 6.34. The predicted octanol–water partition coefficient (Wildman–Crippen LogP) is 18.4. The summed E-state index contributed by atoms with van der Waals surface area (Å²) in [5.41, 5.74) is 16.0. The minimum absolute atomic E-state index is 0.889. The van der Waals surface area contributed by atoms with E-state index in [0.29, 0.717) is 0 Å². The smallest absolute Gasteiger partial charge is 0.135 e. The fourth-order valence-corrected chi connectivity index (χ4v) is 10.3. The maximum Gasteiger partial charge on any atom is 0.135 e. The number of hydrogen-bond acceptors (Lipinski definition) is 5. The second-order valence-corrected chi connectivity index (χ2v) is 17.8. The van der Waals surface area contributed by atoms with Gasteiger partial charge in [-0.15, -0.1) is 11.3 Å². The normalized spacial score (nSPS) is 11.9. The van der Waals surface area contributed by atoms with E-state index < -0.39 is 0 Å². The molecule has 0 aliphatic carbocycles. The number of allylic oxidation sites excluding steroid dienone is 4. The van der Waals surface area contributed by atoms with Crippen molar-refractivity contribution in [3.8, 4) is 22.3 Å². The van der Waals surface area contributed by atoms with Crippen molar-refractivity contribution in [2.24, 2.45) is 0 Å². The molecule has 9 aromatic carbocycles. The summed E-state index contributed by atoms with van der Waals surface area (Å²) in [6, 6.07) is 74.1. The van der Waals surface area contributed by atoms with Gasteiger partial charge in [-0.3, -0.25) is 0 Å². The van der Waals surface area contributed by atoms with E-state index in [2.05, 4.69) is 248 Å². The van der Waals surface area contributed by atoms with Crippen LogP contribution >= 0.6 is 11.3 Å². The lowest BCUT2D eigenvalue weighted by Gasteiger charge is -2.30. The van der Waals surface area contributed by atoms with Gasteiger partial charge < -0.3 is 19.5 Å². The summed E-state index contributed by atoms with van der Waals surface area (Å²) < 4.78 is 8.79. The van der Waals surface area contributed by atoms with Crippen LogP contribution in [0.15, 0.2) is 235 Å². The molecule has 0 bridgehead atoms. The Kier molecular flexibility index (Phi) is 10.7. The van der Waals surface area contributed by atoms with Gasteiger partial charge in [0, 0.05) is 82.0 Å². The van der Waals surface area contributed by atoms with Crippen LogP contribution in [0.25, 0.3) is 64.4 Å². The van der Waals surface area contributed by atoms with Gasteiger partial charge in [-0.1, -0.05) is 109 Å². The third kappa shape index (κ3) is 7.70. The Morgan fingerprint density at radius 3 is 2.00 bits per heavy atom. The van der Waals surface area contributed by atoms with Crippen molar-refractivity contribution in [2.45, 2.75) is 20.8 Å². The molecule has 1 N–H and O–H groups in total. The van der Waals surface area contributed by atoms with Crippen LogP contribution in [0.4, 0.5) is 39.8 Å². The van der Waals surface area contributed by atoms with E-state index in [1.54, 1.807) is 0 Å². The Bertz CT molecular complexity index is 3620. The summed E-state index contributed by atoms with van der Waals surface area (Å²) in [4.78, 5) is 4.74. The maximum atomic E-state index is 6.23. The third-order valence-electron chi connectivity index (χ3n) is 12.4. The average Bonchev–Trinajstić information content (AvgIpc) is 3.93. The molecule has 0 amide bonds. The molecule has 2 aromatic heterocycles. The van der Waals surface area contributed by atoms with Crippen molar-refractivity contribution < 1.29 is 4.42 Å². The SMILES string of the molecule is C/C=C\C=C(/C)N(c1ccccc1)c1cccc(N(c2ccc(C)c(-c3cc(-c4ccc5oc6ccccc6c5c4)ccc3Nc3ccccc3)c2)c2ccc3sc4ccccc4c3c2)c1. The first-order valence-electron chi connectivity index (χ1n) is 22.4. The average molecular weight is 870 g/mol. The predicted molar refractivity (Wildman–Crippen MR) is 284 cm³/mol. The van der Waals surface area contributed by atoms with E-state index in [1.807, 2.05) is 23.5 Å². The summed E-state index contributed by atoms with van der Waals surface area (Å²) >= 11 is 1.84. The quantitative estimate of drug-likeness (QED) is 0.131. The molecule has 11 aromatic rings. The fraction of sp³-hybridized carbons (Fsp3) is 0.0492. The maximum absolute atomic E-state index is 6.23. The Morgan fingerprint density at radius 1 is 0.500 bits per heavy atom. The number of nitrogens with zero attached hydrogens (tertiary/aromatic N) is 2. The molecule has 318 valence electrons. The molecule has 0 aliphatic rings. The zero-order valence-corrected chi connectivity index (χ0v) is 37.9. The number of aryl methyl sites for hydroxylation is 1. The molecule has 0 atom stereocenters. The van der Waals surface area contributed by atoms with Crippen LogP contribution in [0.5, 0.6) is 0 Å². The summed E-state index contributed by atoms with van der Waals surface area (Å²) in [5, 5.41) is 8.54. The zero-order chi connectivity index (χ0) is 44.6. The van der Waals surface area contributed by atoms with Crippen LogP contribution in [-0.2, 0) is 0 Å². The van der Waals surface area contributed by atoms with Crippen molar-refractivity contribution in [2.75, 3.05) is 15.1 Å². The minimum Gasteiger partial charge on any atom is -0.456 e. The lowest BCUT2D eigenvalue weighted by molar-refractivity contribution is 0.669. The fourth-order valence-electron chi connectivity index (χ4n) is 9.19. The van der Waals surface area contributed by atoms with E-state index in [0.717, 1.165) is 89.7 Å². The van der Waals surface area contributed by atoms with Crippen molar-refractivity contribution in [3.63, 3.8) is 0 Å². The Labute approximate surface area is 389 Å². The first kappa shape index (κ1) is 40.6. The van der Waals surface area contributed by atoms with E-state index in [9.17, 15) is 0 Å². The van der Waals surface area contributed by atoms with Gasteiger partial charge in [0.2, 0.25) is 0 Å². The van der Waals surface area contributed by atoms with E-state index in [-0.39, 0.29) is 0 Å². The highest BCUT2D eigenvalue weighted by molar-refractivity contribution is 7.25. The van der Waals surface area contributed by atoms with Gasteiger partial charge in [-0.05, 0) is 158 Å². The molecule has 0 saturated carbocycles. The van der Waals surface area contributed by atoms with Gasteiger partial charge in [-0.2, -0.15) is 0 Å². The Balaban J connectivity index is 1.10. The van der Waals surface area contributed by atoms with Gasteiger partial charge in [0.25, 0.3) is 0 Å². The second kappa shape index (κ2) is 17.5. The highest BCUT2D eigenvalue weighted by Crippen LogP contribution is 2.45. The standard InChI is InChI=1S/C61H47N3OS/c1-4-5-17-42(3)63(46-20-10-7-11-21-46)47-22-16-23-48(38-47)64(50-32-35-61-56(40-50)52-25-13-15-27-60(52)66-61)49-31-28-41(2)53(39-49)54-36-43(29-33-57(54)62-45-18-8-6-9-19-45)44-30-34-59-55(37-44)51-24-12-14-26-58(51)65-59/h4-40,62H,1-3H3/b5-4-,42-17+. The van der Waals surface area contributed by atoms with Crippen LogP contribution in [0, 0.1) is 6.92 Å². The van der Waals surface area contributed by atoms with Gasteiger partial charge in [0.1, 0.15) is 11.2 Å². The van der Waals surface area contributed by atoms with Crippen LogP contribution in [0.3, 0.4) is 0 Å². The number of benzene rings is 9. The first-order chi connectivity index (χ1) is 32.5. The number of thiophene rings is 1. The highest BCUT2D eigenvalue weighted by atomic mass is 32.1. The van der Waals surface area contributed by atoms with Crippen LogP contribution in [-0.4, -0.2) is 0 Å². The van der Waals surface area contributed by atoms with Crippen molar-refractivity contribution >= 4 is 93.3 Å². The van der Waals surface area contributed by atoms with Crippen LogP contribution in [0.1, 0.15) is 19.4 Å². The number of furan rings is 1. The second-order valence-electron chi connectivity index (χ2n) is 16.7. The monoisotopic (exact) mass is 869 g/mol. The Hall–Kier alpha value is -8.12. The molecule has 66 heavy (non-hydrogen) atoms. The molecule has 4 nitrogen and oxygen atoms in total. The molecule has 11 rings (SSSR count). The molecule has 2 heterocycles. The third-order valence-corrected chi connectivity index (χ3v) is 13.6. The van der Waals surface area contributed by atoms with Gasteiger partial charge in [0.15, 0.2) is 0 Å². The number of anilines is 7. The molecule has 0 spiro atoms. The largest absolute Gasteiger partial charge is 0.456 e. The summed E-state index contributed by atoms with van der Waals surface area (Å²) in [5.74, 6) is 0. The van der Waals surface area contributed by atoms with Gasteiger partial charge >= 0.3 is 0 Å². The minimum atomic E-state index is 0.889.